The molecule has 0 unspecified atom stereocenters. The van der Waals surface area contributed by atoms with Gasteiger partial charge in [0.1, 0.15) is 0 Å². The maximum absolute atomic E-state index is 11.2. The molecular weight excluding hydrogens is 164 g/mol. The molecule has 11 heavy (non-hydrogen) atoms. The summed E-state index contributed by atoms with van der Waals surface area (Å²) >= 11 is 5.78. The highest BCUT2D eigenvalue weighted by atomic mass is 35.5. The summed E-state index contributed by atoms with van der Waals surface area (Å²) in [7, 11) is 0. The molecule has 0 saturated heterocycles. The zero-order chi connectivity index (χ0) is 8.81. The molecule has 60 valence electrons. The lowest BCUT2D eigenvalue weighted by Gasteiger charge is -2.13. The molecule has 2 nitrogen and oxygen atoms in total. The normalized spacial score (nSPS) is 23.3. The first-order chi connectivity index (χ1) is 4.89. The summed E-state index contributed by atoms with van der Waals surface area (Å²) in [5.41, 5.74) is -0.399. The van der Waals surface area contributed by atoms with Gasteiger partial charge in [-0.05, 0) is 20.8 Å². The molecule has 0 bridgehead atoms. The second-order valence-corrected chi connectivity index (χ2v) is 3.60. The molecule has 0 spiro atoms. The van der Waals surface area contributed by atoms with Gasteiger partial charge < -0.3 is 0 Å². The number of hydrogen-bond donors (Lipinski definition) is 0. The van der Waals surface area contributed by atoms with Gasteiger partial charge in [0, 0.05) is 10.6 Å². The van der Waals surface area contributed by atoms with Crippen LogP contribution in [-0.2, 0) is 9.59 Å². The Kier molecular flexibility index (Phi) is 1.67. The molecule has 0 radical (unpaired) electrons. The number of halogens is 1. The number of hydrogen-bond acceptors (Lipinski definition) is 2. The fourth-order valence-electron chi connectivity index (χ4n) is 1.12. The van der Waals surface area contributed by atoms with E-state index in [9.17, 15) is 9.59 Å². The molecule has 0 aromatic rings. The second-order valence-electron chi connectivity index (χ2n) is 3.22. The molecule has 1 rings (SSSR count). The fourth-order valence-corrected chi connectivity index (χ4v) is 1.29. The summed E-state index contributed by atoms with van der Waals surface area (Å²) in [4.78, 5) is 22.2. The fraction of sp³-hybridized carbons (Fsp3) is 0.500. The van der Waals surface area contributed by atoms with Crippen LogP contribution in [0.5, 0.6) is 0 Å². The van der Waals surface area contributed by atoms with E-state index in [2.05, 4.69) is 0 Å². The monoisotopic (exact) mass is 172 g/mol. The third-order valence-corrected chi connectivity index (χ3v) is 2.75. The molecule has 0 aliphatic heterocycles. The highest BCUT2D eigenvalue weighted by Crippen LogP contribution is 2.39. The van der Waals surface area contributed by atoms with Crippen molar-refractivity contribution < 1.29 is 9.59 Å². The molecule has 0 saturated carbocycles. The lowest BCUT2D eigenvalue weighted by atomic mass is 9.91. The van der Waals surface area contributed by atoms with Crippen molar-refractivity contribution >= 4 is 23.2 Å². The Bertz CT molecular complexity index is 274. The van der Waals surface area contributed by atoms with Gasteiger partial charge in [-0.2, -0.15) is 0 Å². The number of Topliss-reactive ketones (excluding diaryl/α,β-unsaturated/α-hetero) is 2. The van der Waals surface area contributed by atoms with Gasteiger partial charge in [-0.3, -0.25) is 9.59 Å². The van der Waals surface area contributed by atoms with Crippen LogP contribution in [0.3, 0.4) is 0 Å². The molecule has 0 atom stereocenters. The lowest BCUT2D eigenvalue weighted by molar-refractivity contribution is -0.136. The minimum atomic E-state index is -0.789. The van der Waals surface area contributed by atoms with Crippen molar-refractivity contribution in [3.8, 4) is 0 Å². The third kappa shape index (κ3) is 0.932. The predicted molar refractivity (Wildman–Crippen MR) is 42.3 cm³/mol. The van der Waals surface area contributed by atoms with Crippen molar-refractivity contribution in [2.75, 3.05) is 0 Å². The summed E-state index contributed by atoms with van der Waals surface area (Å²) in [6.45, 7) is 4.90. The Morgan fingerprint density at radius 1 is 1.27 bits per heavy atom. The highest BCUT2D eigenvalue weighted by Gasteiger charge is 2.44. The van der Waals surface area contributed by atoms with Crippen molar-refractivity contribution in [3.63, 3.8) is 0 Å². The quantitative estimate of drug-likeness (QED) is 0.521. The molecule has 0 heterocycles. The number of carbonyl (C=O) groups is 2. The van der Waals surface area contributed by atoms with Crippen molar-refractivity contribution in [3.05, 3.63) is 10.6 Å². The van der Waals surface area contributed by atoms with E-state index in [1.165, 1.54) is 0 Å². The summed E-state index contributed by atoms with van der Waals surface area (Å²) in [6.07, 6.45) is 0. The van der Waals surface area contributed by atoms with Gasteiger partial charge in [-0.25, -0.2) is 0 Å². The van der Waals surface area contributed by atoms with Crippen LogP contribution in [0.15, 0.2) is 10.6 Å². The van der Waals surface area contributed by atoms with E-state index in [1.54, 1.807) is 20.8 Å². The molecule has 0 amide bonds. The maximum Gasteiger partial charge on any atom is 0.226 e. The average molecular weight is 173 g/mol. The SMILES string of the molecule is CC1=C(Cl)C(C)(C)C(=O)C1=O. The molecular formula is C8H9ClO2. The van der Waals surface area contributed by atoms with Crippen molar-refractivity contribution in [1.29, 1.82) is 0 Å². The minimum absolute atomic E-state index is 0.382. The average Bonchev–Trinajstić information content (AvgIpc) is 2.06. The highest BCUT2D eigenvalue weighted by molar-refractivity contribution is 6.54. The summed E-state index contributed by atoms with van der Waals surface area (Å²) in [6, 6.07) is 0. The Labute approximate surface area is 70.2 Å². The van der Waals surface area contributed by atoms with Gasteiger partial charge in [0.05, 0.1) is 5.41 Å². The van der Waals surface area contributed by atoms with E-state index in [0.29, 0.717) is 10.6 Å². The Balaban J connectivity index is 3.27. The Hall–Kier alpha value is -0.630. The van der Waals surface area contributed by atoms with Crippen molar-refractivity contribution in [2.45, 2.75) is 20.8 Å². The van der Waals surface area contributed by atoms with E-state index in [0.717, 1.165) is 0 Å². The first-order valence-corrected chi connectivity index (χ1v) is 3.73. The van der Waals surface area contributed by atoms with Crippen molar-refractivity contribution in [2.24, 2.45) is 5.41 Å². The second kappa shape index (κ2) is 2.18. The molecule has 1 aliphatic rings. The van der Waals surface area contributed by atoms with Crippen molar-refractivity contribution in [1.82, 2.24) is 0 Å². The van der Waals surface area contributed by atoms with Crippen LogP contribution >= 0.6 is 11.6 Å². The first-order valence-electron chi connectivity index (χ1n) is 3.35. The van der Waals surface area contributed by atoms with Gasteiger partial charge in [-0.15, -0.1) is 0 Å². The van der Waals surface area contributed by atoms with E-state index in [1.807, 2.05) is 0 Å². The van der Waals surface area contributed by atoms with Gasteiger partial charge in [-0.1, -0.05) is 11.6 Å². The zero-order valence-corrected chi connectivity index (χ0v) is 7.45. The lowest BCUT2D eigenvalue weighted by Crippen LogP contribution is -2.24. The predicted octanol–water partition coefficient (Wildman–Crippen LogP) is 1.68. The smallest absolute Gasteiger partial charge is 0.226 e. The largest absolute Gasteiger partial charge is 0.289 e. The molecule has 3 heteroatoms. The molecule has 0 aromatic heterocycles. The van der Waals surface area contributed by atoms with Crippen LogP contribution in [0.4, 0.5) is 0 Å². The van der Waals surface area contributed by atoms with Crippen LogP contribution in [0.25, 0.3) is 0 Å². The topological polar surface area (TPSA) is 34.1 Å². The Morgan fingerprint density at radius 3 is 1.82 bits per heavy atom. The third-order valence-electron chi connectivity index (χ3n) is 1.99. The van der Waals surface area contributed by atoms with Crippen LogP contribution in [0, 0.1) is 5.41 Å². The van der Waals surface area contributed by atoms with Gasteiger partial charge in [0.15, 0.2) is 0 Å². The van der Waals surface area contributed by atoms with E-state index in [-0.39, 0.29) is 0 Å². The summed E-state index contributed by atoms with van der Waals surface area (Å²) in [5.74, 6) is -0.847. The number of ketones is 2. The van der Waals surface area contributed by atoms with E-state index >= 15 is 0 Å². The maximum atomic E-state index is 11.2. The van der Waals surface area contributed by atoms with Crippen LogP contribution < -0.4 is 0 Å². The van der Waals surface area contributed by atoms with Gasteiger partial charge >= 0.3 is 0 Å². The molecule has 0 aromatic carbocycles. The molecule has 0 N–H and O–H groups in total. The number of carbonyl (C=O) groups excluding carboxylic acids is 2. The number of allylic oxidation sites excluding steroid dienone is 2. The van der Waals surface area contributed by atoms with Crippen LogP contribution in [0.2, 0.25) is 0 Å². The Morgan fingerprint density at radius 2 is 1.73 bits per heavy atom. The molecule has 1 aliphatic carbocycles. The summed E-state index contributed by atoms with van der Waals surface area (Å²) in [5, 5.41) is 0.382. The van der Waals surface area contributed by atoms with E-state index < -0.39 is 17.0 Å². The standard InChI is InChI=1S/C8H9ClO2/c1-4-5(10)7(11)8(2,3)6(4)9/h1-3H3. The van der Waals surface area contributed by atoms with E-state index in [4.69, 9.17) is 11.6 Å². The van der Waals surface area contributed by atoms with Crippen LogP contribution in [-0.4, -0.2) is 11.6 Å². The first kappa shape index (κ1) is 8.47. The summed E-state index contributed by atoms with van der Waals surface area (Å²) < 4.78 is 0. The van der Waals surface area contributed by atoms with Gasteiger partial charge in [0.25, 0.3) is 0 Å². The zero-order valence-electron chi connectivity index (χ0n) is 6.69. The minimum Gasteiger partial charge on any atom is -0.289 e. The van der Waals surface area contributed by atoms with Crippen LogP contribution in [0.1, 0.15) is 20.8 Å². The number of rotatable bonds is 0. The molecule has 0 fully saturated rings. The van der Waals surface area contributed by atoms with Gasteiger partial charge in [0.2, 0.25) is 11.6 Å².